The van der Waals surface area contributed by atoms with E-state index in [4.69, 9.17) is 19.4 Å². The van der Waals surface area contributed by atoms with Crippen LogP contribution in [0.15, 0.2) is 30.5 Å². The maximum absolute atomic E-state index is 12.0. The van der Waals surface area contributed by atoms with E-state index >= 15 is 0 Å². The Morgan fingerprint density at radius 1 is 1.06 bits per heavy atom. The van der Waals surface area contributed by atoms with Gasteiger partial charge in [0.25, 0.3) is 11.8 Å². The third-order valence-corrected chi connectivity index (χ3v) is 4.55. The number of imide groups is 1. The zero-order valence-corrected chi connectivity index (χ0v) is 17.2. The van der Waals surface area contributed by atoms with Crippen molar-refractivity contribution in [3.05, 3.63) is 41.6 Å². The smallest absolute Gasteiger partial charge is 0.429 e. The van der Waals surface area contributed by atoms with Crippen LogP contribution in [0.3, 0.4) is 0 Å². The topological polar surface area (TPSA) is 179 Å². The molecule has 2 N–H and O–H groups in total. The molecular formula is C18H17N2O11P. The number of hydroxylamine groups is 2. The van der Waals surface area contributed by atoms with Gasteiger partial charge in [0.05, 0.1) is 11.9 Å². The number of fused-ring (bicyclic) bond motifs is 1. The molecule has 0 bridgehead atoms. The highest BCUT2D eigenvalue weighted by atomic mass is 31.2. The van der Waals surface area contributed by atoms with Crippen LogP contribution in [-0.4, -0.2) is 50.6 Å². The van der Waals surface area contributed by atoms with Gasteiger partial charge in [-0.1, -0.05) is 12.1 Å². The quantitative estimate of drug-likeness (QED) is 0.244. The van der Waals surface area contributed by atoms with Crippen molar-refractivity contribution in [3.63, 3.8) is 0 Å². The molecule has 0 unspecified atom stereocenters. The molecule has 1 aromatic heterocycles. The number of amides is 2. The second-order valence-corrected chi connectivity index (χ2v) is 7.75. The molecule has 0 spiro atoms. The minimum atomic E-state index is -4.76. The predicted molar refractivity (Wildman–Crippen MR) is 102 cm³/mol. The van der Waals surface area contributed by atoms with Crippen molar-refractivity contribution in [2.75, 3.05) is 6.79 Å². The van der Waals surface area contributed by atoms with E-state index in [2.05, 4.69) is 14.2 Å². The number of hydrogen-bond donors (Lipinski definition) is 2. The number of benzene rings is 1. The number of rotatable bonds is 8. The summed E-state index contributed by atoms with van der Waals surface area (Å²) in [6.45, 7) is -1.19. The molecular weight excluding hydrogens is 451 g/mol. The number of carbonyl (C=O) groups is 4. The van der Waals surface area contributed by atoms with Gasteiger partial charge in [0, 0.05) is 30.0 Å². The first kappa shape index (κ1) is 23.3. The molecule has 170 valence electrons. The molecule has 0 aliphatic carbocycles. The SMILES string of the molecule is O=C(Cc1ccc2cc(COC(=O)OCOP(=O)(O)O)cnc2c1)ON1C(=O)CCC1=O. The molecule has 1 aromatic carbocycles. The van der Waals surface area contributed by atoms with E-state index in [0.29, 0.717) is 27.1 Å². The zero-order chi connectivity index (χ0) is 23.3. The van der Waals surface area contributed by atoms with Crippen LogP contribution < -0.4 is 0 Å². The van der Waals surface area contributed by atoms with Crippen molar-refractivity contribution in [1.29, 1.82) is 0 Å². The van der Waals surface area contributed by atoms with E-state index in [1.807, 2.05) is 0 Å². The number of pyridine rings is 1. The van der Waals surface area contributed by atoms with Crippen molar-refractivity contribution >= 4 is 42.7 Å². The Labute approximate surface area is 180 Å². The Morgan fingerprint density at radius 2 is 1.78 bits per heavy atom. The lowest BCUT2D eigenvalue weighted by molar-refractivity contribution is -0.197. The Balaban J connectivity index is 1.54. The molecule has 1 aliphatic rings. The Kier molecular flexibility index (Phi) is 7.15. The number of phosphoric acid groups is 1. The summed E-state index contributed by atoms with van der Waals surface area (Å²) in [7, 11) is -4.76. The first-order chi connectivity index (χ1) is 15.1. The first-order valence-corrected chi connectivity index (χ1v) is 10.6. The van der Waals surface area contributed by atoms with Gasteiger partial charge in [0.2, 0.25) is 6.79 Å². The highest BCUT2D eigenvalue weighted by molar-refractivity contribution is 7.46. The Morgan fingerprint density at radius 3 is 2.47 bits per heavy atom. The van der Waals surface area contributed by atoms with E-state index in [1.54, 1.807) is 24.3 Å². The molecule has 14 heteroatoms. The molecule has 2 heterocycles. The van der Waals surface area contributed by atoms with Crippen LogP contribution in [0.2, 0.25) is 0 Å². The average molecular weight is 468 g/mol. The lowest BCUT2D eigenvalue weighted by atomic mass is 10.1. The first-order valence-electron chi connectivity index (χ1n) is 9.04. The molecule has 13 nitrogen and oxygen atoms in total. The zero-order valence-electron chi connectivity index (χ0n) is 16.3. The summed E-state index contributed by atoms with van der Waals surface area (Å²) in [5.41, 5.74) is 1.58. The summed E-state index contributed by atoms with van der Waals surface area (Å²) in [4.78, 5) is 72.5. The Bertz CT molecular complexity index is 1100. The second kappa shape index (κ2) is 9.83. The minimum Gasteiger partial charge on any atom is -0.429 e. The summed E-state index contributed by atoms with van der Waals surface area (Å²) < 4.78 is 23.6. The minimum absolute atomic E-state index is 0.0109. The van der Waals surface area contributed by atoms with Crippen molar-refractivity contribution in [1.82, 2.24) is 10.0 Å². The molecule has 32 heavy (non-hydrogen) atoms. The third kappa shape index (κ3) is 6.56. The van der Waals surface area contributed by atoms with Crippen LogP contribution in [0.1, 0.15) is 24.0 Å². The lowest BCUT2D eigenvalue weighted by Gasteiger charge is -2.12. The van der Waals surface area contributed by atoms with E-state index in [9.17, 15) is 23.7 Å². The number of carbonyl (C=O) groups excluding carboxylic acids is 4. The summed E-state index contributed by atoms with van der Waals surface area (Å²) in [5.74, 6) is -1.88. The van der Waals surface area contributed by atoms with E-state index in [0.717, 1.165) is 0 Å². The molecule has 2 aromatic rings. The van der Waals surface area contributed by atoms with Gasteiger partial charge in [-0.25, -0.2) is 18.7 Å². The molecule has 2 amide bonds. The maximum atomic E-state index is 12.0. The van der Waals surface area contributed by atoms with E-state index < -0.39 is 38.6 Å². The molecule has 1 saturated heterocycles. The molecule has 0 radical (unpaired) electrons. The van der Waals surface area contributed by atoms with Gasteiger partial charge >= 0.3 is 19.9 Å². The van der Waals surface area contributed by atoms with Crippen LogP contribution >= 0.6 is 7.82 Å². The largest absolute Gasteiger partial charge is 0.510 e. The summed E-state index contributed by atoms with van der Waals surface area (Å²) in [6.07, 6.45) is 0.0730. The lowest BCUT2D eigenvalue weighted by Crippen LogP contribution is -2.32. The fourth-order valence-corrected chi connectivity index (χ4v) is 2.88. The standard InChI is InChI=1S/C18H17N2O11P/c21-15-3-4-16(22)20(15)31-17(23)7-11-1-2-13-5-12(8-19-14(13)6-11)9-28-18(24)29-10-30-32(25,26)27/h1-2,5-6,8H,3-4,7,9-10H2,(H2,25,26,27). The Hall–Kier alpha value is -3.38. The maximum Gasteiger partial charge on any atom is 0.510 e. The van der Waals surface area contributed by atoms with Crippen molar-refractivity contribution in [3.8, 4) is 0 Å². The van der Waals surface area contributed by atoms with Crippen LogP contribution in [-0.2, 0) is 50.8 Å². The van der Waals surface area contributed by atoms with E-state index in [1.165, 1.54) is 6.20 Å². The number of phosphoric ester groups is 1. The average Bonchev–Trinajstić information content (AvgIpc) is 3.03. The fourth-order valence-electron chi connectivity index (χ4n) is 2.69. The number of ether oxygens (including phenoxy) is 2. The summed E-state index contributed by atoms with van der Waals surface area (Å²) in [6, 6.07) is 6.61. The molecule has 0 saturated carbocycles. The molecule has 3 rings (SSSR count). The van der Waals surface area contributed by atoms with Gasteiger partial charge in [0.1, 0.15) is 6.61 Å². The third-order valence-electron chi connectivity index (χ3n) is 4.11. The molecule has 0 atom stereocenters. The van der Waals surface area contributed by atoms with Gasteiger partial charge in [0.15, 0.2) is 0 Å². The number of nitrogens with zero attached hydrogens (tertiary/aromatic N) is 2. The van der Waals surface area contributed by atoms with Crippen LogP contribution in [0.25, 0.3) is 10.9 Å². The van der Waals surface area contributed by atoms with Crippen LogP contribution in [0.4, 0.5) is 4.79 Å². The summed E-state index contributed by atoms with van der Waals surface area (Å²) >= 11 is 0. The van der Waals surface area contributed by atoms with Gasteiger partial charge in [-0.3, -0.25) is 14.6 Å². The second-order valence-electron chi connectivity index (χ2n) is 6.51. The fraction of sp³-hybridized carbons (Fsp3) is 0.278. The highest BCUT2D eigenvalue weighted by Crippen LogP contribution is 2.35. The van der Waals surface area contributed by atoms with Gasteiger partial charge in [-0.05, 0) is 17.7 Å². The van der Waals surface area contributed by atoms with Gasteiger partial charge < -0.3 is 24.1 Å². The van der Waals surface area contributed by atoms with Crippen molar-refractivity contribution in [2.45, 2.75) is 25.9 Å². The normalized spacial score (nSPS) is 14.0. The van der Waals surface area contributed by atoms with Gasteiger partial charge in [-0.2, -0.15) is 0 Å². The highest BCUT2D eigenvalue weighted by Gasteiger charge is 2.32. The number of aromatic nitrogens is 1. The van der Waals surface area contributed by atoms with Crippen LogP contribution in [0.5, 0.6) is 0 Å². The monoisotopic (exact) mass is 468 g/mol. The van der Waals surface area contributed by atoms with E-state index in [-0.39, 0.29) is 25.9 Å². The van der Waals surface area contributed by atoms with Crippen molar-refractivity contribution < 1.29 is 52.4 Å². The van der Waals surface area contributed by atoms with Crippen molar-refractivity contribution in [2.24, 2.45) is 0 Å². The summed E-state index contributed by atoms with van der Waals surface area (Å²) in [5, 5.41) is 1.16. The van der Waals surface area contributed by atoms with Crippen LogP contribution in [0, 0.1) is 0 Å². The number of hydrogen-bond acceptors (Lipinski definition) is 10. The molecule has 1 aliphatic heterocycles. The predicted octanol–water partition coefficient (Wildman–Crippen LogP) is 1.10. The van der Waals surface area contributed by atoms with Gasteiger partial charge in [-0.15, -0.1) is 5.06 Å². The molecule has 1 fully saturated rings.